The molecule has 0 aromatic heterocycles. The summed E-state index contributed by atoms with van der Waals surface area (Å²) in [6.45, 7) is 67.3. The third-order valence-electron chi connectivity index (χ3n) is 29.5. The molecule has 7 heterocycles. The van der Waals surface area contributed by atoms with Crippen LogP contribution in [0.25, 0.3) is 0 Å². The maximum atomic E-state index is 15.3. The molecule has 0 aliphatic carbocycles. The van der Waals surface area contributed by atoms with E-state index >= 15 is 9.59 Å². The Morgan fingerprint density at radius 2 is 1.02 bits per heavy atom. The second-order valence-electron chi connectivity index (χ2n) is 44.3. The minimum Gasteiger partial charge on any atom is -0.462 e. The van der Waals surface area contributed by atoms with Crippen molar-refractivity contribution in [2.24, 2.45) is 29.6 Å². The van der Waals surface area contributed by atoms with E-state index in [2.05, 4.69) is 170 Å². The number of carbonyl (C=O) groups excluding carboxylic acids is 2. The molecular weight excluding hydrogens is 1790 g/mol. The van der Waals surface area contributed by atoms with E-state index in [0.29, 0.717) is 26.1 Å². The highest BCUT2D eigenvalue weighted by Crippen LogP contribution is 2.51. The number of nitrogens with one attached hydrogen (secondary N) is 1. The lowest BCUT2D eigenvalue weighted by Gasteiger charge is -2.48. The Labute approximate surface area is 796 Å². The van der Waals surface area contributed by atoms with Gasteiger partial charge < -0.3 is 103 Å². The van der Waals surface area contributed by atoms with Crippen molar-refractivity contribution in [2.45, 2.75) is 434 Å². The van der Waals surface area contributed by atoms with E-state index < -0.39 is 195 Å². The number of hydrogen-bond acceptors (Lipinski definition) is 25. The molecule has 130 heavy (non-hydrogen) atoms. The summed E-state index contributed by atoms with van der Waals surface area (Å²) in [5.74, 6) is -4.59. The van der Waals surface area contributed by atoms with Crippen LogP contribution >= 0.6 is 34.8 Å². The number of ether oxygens (including phenoxy) is 18. The van der Waals surface area contributed by atoms with Crippen LogP contribution in [0.4, 0.5) is 0 Å². The van der Waals surface area contributed by atoms with Crippen LogP contribution in [0.1, 0.15) is 221 Å². The van der Waals surface area contributed by atoms with Crippen LogP contribution in [-0.2, 0) is 126 Å². The predicted molar refractivity (Wildman–Crippen MR) is 512 cm³/mol. The van der Waals surface area contributed by atoms with Gasteiger partial charge in [-0.25, -0.2) is 0 Å². The monoisotopic (exact) mass is 1950 g/mol. The average molecular weight is 1960 g/mol. The molecule has 3 aromatic carbocycles. The van der Waals surface area contributed by atoms with Gasteiger partial charge in [-0.2, -0.15) is 0 Å². The number of hydrogen-bond donors (Lipinski definition) is 1. The highest BCUT2D eigenvalue weighted by Gasteiger charge is 2.64. The number of alkyl halides is 3. The van der Waals surface area contributed by atoms with Gasteiger partial charge in [-0.3, -0.25) is 15.0 Å². The molecule has 0 saturated carbocycles. The lowest BCUT2D eigenvalue weighted by Crippen LogP contribution is -2.63. The summed E-state index contributed by atoms with van der Waals surface area (Å²) < 4.78 is 149. The van der Waals surface area contributed by atoms with Crippen LogP contribution in [0.2, 0.25) is 72.5 Å². The number of halogens is 3. The fraction of sp³-hybridized carbons (Fsp3) is 0.786. The first-order valence-electron chi connectivity index (χ1n) is 47.5. The zero-order valence-electron chi connectivity index (χ0n) is 83.7. The number of benzene rings is 3. The SMILES string of the molecule is CC[C@H](C)[C@H](C[C@@H](CC(=O)O[C@@H]1C(C)C(O[C@@H]2O[C@H](C)[C@H](O[C@@H]3OC[C@@H](OCc4ccccc4)C(O[C@@H]4OC[C@]5(COCc6ccccc6)O[C@@H](c6ccccc6)OC45)C3C)C3OC(C)(C)OC32)[C@@H](OC(=N)C(Cl)(Cl)Cl)O[C@@H]1C)O[Si](C)(C)C(C)(C)C)OC(=O)C[C@H](C[C@H](O[C@@H]1O[C@@H](CO[Si](C)(C)C(C)(C)C)C(O[Si](C)(C)C(C)(C)C)C1C)[C@@H](C)CC)O[Si](C)(C)C(C)(C)C. The van der Waals surface area contributed by atoms with Crippen molar-refractivity contribution in [3.05, 3.63) is 108 Å². The quantitative estimate of drug-likeness (QED) is 0.0182. The van der Waals surface area contributed by atoms with E-state index in [9.17, 15) is 0 Å². The summed E-state index contributed by atoms with van der Waals surface area (Å²) in [4.78, 5) is 30.6. The van der Waals surface area contributed by atoms with E-state index in [-0.39, 0.29) is 102 Å². The Bertz CT molecular complexity index is 4060. The van der Waals surface area contributed by atoms with Crippen molar-refractivity contribution in [2.75, 3.05) is 26.4 Å². The Morgan fingerprint density at radius 1 is 0.523 bits per heavy atom. The summed E-state index contributed by atoms with van der Waals surface area (Å²) >= 11 is 19.1. The zero-order valence-corrected chi connectivity index (χ0v) is 89.9. The van der Waals surface area contributed by atoms with E-state index in [1.165, 1.54) is 0 Å². The van der Waals surface area contributed by atoms with Crippen molar-refractivity contribution in [3.63, 3.8) is 0 Å². The lowest BCUT2D eigenvalue weighted by molar-refractivity contribution is -0.357. The molecule has 10 rings (SSSR count). The van der Waals surface area contributed by atoms with Crippen molar-refractivity contribution in [1.29, 1.82) is 5.41 Å². The predicted octanol–water partition coefficient (Wildman–Crippen LogP) is 21.6. The van der Waals surface area contributed by atoms with Crippen LogP contribution in [0.15, 0.2) is 91.0 Å². The minimum atomic E-state index is -2.71. The normalized spacial score (nSPS) is 32.1. The molecule has 7 fully saturated rings. The van der Waals surface area contributed by atoms with E-state index in [0.717, 1.165) is 23.1 Å². The molecule has 0 radical (unpaired) electrons. The molecule has 25 nitrogen and oxygen atoms in total. The van der Waals surface area contributed by atoms with Gasteiger partial charge >= 0.3 is 11.9 Å². The molecule has 7 saturated heterocycles. The number of carbonyl (C=O) groups is 2. The van der Waals surface area contributed by atoms with Crippen LogP contribution in [-0.4, -0.2) is 222 Å². The van der Waals surface area contributed by atoms with Gasteiger partial charge in [-0.15, -0.1) is 0 Å². The third kappa shape index (κ3) is 27.6. The van der Waals surface area contributed by atoms with Gasteiger partial charge in [0.05, 0.1) is 95.2 Å². The maximum absolute atomic E-state index is 15.3. The first-order chi connectivity index (χ1) is 60.3. The molecular formula is C98H160Cl3NO24Si4. The van der Waals surface area contributed by atoms with Crippen molar-refractivity contribution in [3.8, 4) is 0 Å². The van der Waals surface area contributed by atoms with Gasteiger partial charge in [0.25, 0.3) is 3.79 Å². The molecule has 32 heteroatoms. The van der Waals surface area contributed by atoms with Crippen LogP contribution in [0.3, 0.4) is 0 Å². The van der Waals surface area contributed by atoms with Gasteiger partial charge in [0.15, 0.2) is 70.5 Å². The standard InChI is InChI=1S/C98H160Cl3NO24Si4/c1-32-59(3)71(112-75(103)51-70(125-129(28,29)94(16,17)18)50-72(60(4)33-2)113-86-63(7)79(126-130(30,31)95(19,20)21)74(114-86)56-109-127(24,25)92(10,11)12)49-69(124-128(26,27)93(13,14)15)52-76(104)115-77-61(5)80(88(110-64(77)8)120-91(102)98(99,100)101)117-89-83-82(121-96(22,23)122-83)81(65(9)111-89)118-85-62(6)78(73(55-107-85)106-54-67-45-39-35-40-46-67)116-90-84-97(58-108-90,57-105-53-66-43-37-34-38-44-66)123-87(119-84)68-47-41-36-42-48-68/h34-48,59-65,69-74,77-90,102H,32-33,49-58H2,1-31H3/t59-,60-,61?,62?,63?,64+,65+,69-,70-,71-,72-,73+,74-,77+,78?,79?,80?,81-,82?,83?,84?,85-,86+,87-,88+,89-,90-,97-/m0/s1. The third-order valence-corrected chi connectivity index (χ3v) is 48.1. The second kappa shape index (κ2) is 44.3. The van der Waals surface area contributed by atoms with Gasteiger partial charge in [-0.1, -0.05) is 270 Å². The summed E-state index contributed by atoms with van der Waals surface area (Å²) in [7, 11) is -9.81. The molecule has 1 N–H and O–H groups in total. The lowest BCUT2D eigenvalue weighted by atomic mass is 9.90. The number of fused-ring (bicyclic) bond motifs is 2. The fourth-order valence-electron chi connectivity index (χ4n) is 16.8. The molecule has 0 bridgehead atoms. The van der Waals surface area contributed by atoms with Gasteiger partial charge in [0.2, 0.25) is 12.2 Å². The molecule has 9 unspecified atom stereocenters. The number of esters is 2. The molecule has 7 aliphatic rings. The molecule has 7 aliphatic heterocycles. The van der Waals surface area contributed by atoms with Gasteiger partial charge in [0.1, 0.15) is 60.5 Å². The molecule has 738 valence electrons. The molecule has 0 spiro atoms. The van der Waals surface area contributed by atoms with Gasteiger partial charge in [-0.05, 0) is 130 Å². The highest BCUT2D eigenvalue weighted by atomic mass is 35.6. The van der Waals surface area contributed by atoms with E-state index in [4.69, 9.17) is 143 Å². The summed E-state index contributed by atoms with van der Waals surface area (Å²) in [6, 6.07) is 29.6. The number of rotatable bonds is 40. The highest BCUT2D eigenvalue weighted by molar-refractivity contribution is 6.76. The second-order valence-corrected chi connectivity index (χ2v) is 65.6. The Kier molecular flexibility index (Phi) is 37.1. The fourth-order valence-corrected chi connectivity index (χ4v) is 22.0. The maximum Gasteiger partial charge on any atom is 0.308 e. The first kappa shape index (κ1) is 109. The van der Waals surface area contributed by atoms with Crippen molar-refractivity contribution in [1.82, 2.24) is 0 Å². The minimum absolute atomic E-state index is 0.0109. The smallest absolute Gasteiger partial charge is 0.308 e. The summed E-state index contributed by atoms with van der Waals surface area (Å²) in [5.41, 5.74) is 1.77. The van der Waals surface area contributed by atoms with Crippen LogP contribution in [0, 0.1) is 35.0 Å². The Morgan fingerprint density at radius 3 is 1.58 bits per heavy atom. The van der Waals surface area contributed by atoms with E-state index in [1.807, 2.05) is 112 Å². The largest absolute Gasteiger partial charge is 0.462 e. The molecule has 0 amide bonds. The van der Waals surface area contributed by atoms with Gasteiger partial charge in [0, 0.05) is 29.7 Å². The Hall–Kier alpha value is -2.95. The first-order valence-corrected chi connectivity index (χ1v) is 60.3. The molecule has 3 aromatic rings. The average Bonchev–Trinajstić information content (AvgIpc) is 1.56. The summed E-state index contributed by atoms with van der Waals surface area (Å²) in [6.07, 6.45) is -16.0. The van der Waals surface area contributed by atoms with Crippen LogP contribution < -0.4 is 0 Å². The van der Waals surface area contributed by atoms with E-state index in [1.54, 1.807) is 20.8 Å². The van der Waals surface area contributed by atoms with Crippen molar-refractivity contribution < 1.29 is 113 Å². The Balaban J connectivity index is 0.865. The van der Waals surface area contributed by atoms with Crippen LogP contribution in [0.5, 0.6) is 0 Å². The molecule has 28 atom stereocenters. The summed E-state index contributed by atoms with van der Waals surface area (Å²) in [5, 5.41) is 8.31. The topological polar surface area (TPSA) is 261 Å². The zero-order chi connectivity index (χ0) is 96.2. The van der Waals surface area contributed by atoms with Crippen molar-refractivity contribution >= 4 is 85.9 Å².